The van der Waals surface area contributed by atoms with E-state index in [1.54, 1.807) is 0 Å². The SMILES string of the molecule is CCN(CC)S(=O)(=Nc1ccccc1)c1ccccc1. The average Bonchev–Trinajstić information content (AvgIpc) is 2.50. The predicted octanol–water partition coefficient (Wildman–Crippen LogP) is 4.10. The van der Waals surface area contributed by atoms with E-state index in [4.69, 9.17) is 0 Å². The van der Waals surface area contributed by atoms with E-state index >= 15 is 0 Å². The molecule has 0 radical (unpaired) electrons. The molecule has 0 fully saturated rings. The van der Waals surface area contributed by atoms with Crippen LogP contribution in [0.2, 0.25) is 0 Å². The Hall–Kier alpha value is -1.65. The van der Waals surface area contributed by atoms with Crippen LogP contribution in [0.25, 0.3) is 0 Å². The standard InChI is InChI=1S/C16H20N2OS/c1-3-18(4-2)20(19,16-13-9-6-10-14-16)17-15-11-7-5-8-12-15/h5-14H,3-4H2,1-2H3. The molecule has 0 aliphatic heterocycles. The quantitative estimate of drug-likeness (QED) is 0.815. The average molecular weight is 288 g/mol. The summed E-state index contributed by atoms with van der Waals surface area (Å²) >= 11 is 0. The molecule has 0 saturated carbocycles. The van der Waals surface area contributed by atoms with Crippen LogP contribution in [0.15, 0.2) is 69.9 Å². The van der Waals surface area contributed by atoms with Crippen LogP contribution in [0, 0.1) is 0 Å². The second-order valence-electron chi connectivity index (χ2n) is 4.35. The van der Waals surface area contributed by atoms with Crippen LogP contribution in [0.4, 0.5) is 5.69 Å². The first kappa shape index (κ1) is 14.8. The van der Waals surface area contributed by atoms with Gasteiger partial charge in [0.15, 0.2) is 0 Å². The first-order chi connectivity index (χ1) is 9.70. The van der Waals surface area contributed by atoms with Gasteiger partial charge in [0.2, 0.25) is 0 Å². The number of nitrogens with zero attached hydrogens (tertiary/aromatic N) is 2. The van der Waals surface area contributed by atoms with Gasteiger partial charge in [0.05, 0.1) is 10.6 Å². The Morgan fingerprint density at radius 2 is 1.40 bits per heavy atom. The first-order valence-corrected chi connectivity index (χ1v) is 8.30. The number of hydrogen-bond donors (Lipinski definition) is 0. The van der Waals surface area contributed by atoms with Gasteiger partial charge in [0.1, 0.15) is 9.92 Å². The van der Waals surface area contributed by atoms with Crippen LogP contribution in [0.1, 0.15) is 13.8 Å². The third kappa shape index (κ3) is 3.08. The number of hydrogen-bond acceptors (Lipinski definition) is 2. The van der Waals surface area contributed by atoms with Crippen LogP contribution in [-0.2, 0) is 9.92 Å². The van der Waals surface area contributed by atoms with Gasteiger partial charge in [0, 0.05) is 13.1 Å². The highest BCUT2D eigenvalue weighted by Gasteiger charge is 2.19. The molecule has 0 N–H and O–H groups in total. The Morgan fingerprint density at radius 1 is 0.900 bits per heavy atom. The summed E-state index contributed by atoms with van der Waals surface area (Å²) in [5.74, 6) is 0. The highest BCUT2D eigenvalue weighted by Crippen LogP contribution is 2.23. The Labute approximate surface area is 121 Å². The predicted molar refractivity (Wildman–Crippen MR) is 84.3 cm³/mol. The van der Waals surface area contributed by atoms with E-state index in [1.165, 1.54) is 0 Å². The van der Waals surface area contributed by atoms with Gasteiger partial charge in [0.25, 0.3) is 0 Å². The Bertz CT molecular complexity index is 643. The molecular formula is C16H20N2OS. The molecule has 0 spiro atoms. The zero-order valence-corrected chi connectivity index (χ0v) is 12.7. The molecule has 0 aliphatic carbocycles. The molecule has 0 saturated heterocycles. The van der Waals surface area contributed by atoms with Gasteiger partial charge in [-0.3, -0.25) is 0 Å². The van der Waals surface area contributed by atoms with Crippen molar-refractivity contribution in [3.63, 3.8) is 0 Å². The van der Waals surface area contributed by atoms with E-state index in [2.05, 4.69) is 4.36 Å². The van der Waals surface area contributed by atoms with Crippen molar-refractivity contribution in [3.8, 4) is 0 Å². The molecule has 0 aliphatic rings. The largest absolute Gasteiger partial charge is 0.228 e. The summed E-state index contributed by atoms with van der Waals surface area (Å²) < 4.78 is 19.9. The van der Waals surface area contributed by atoms with Gasteiger partial charge in [-0.15, -0.1) is 0 Å². The van der Waals surface area contributed by atoms with Crippen LogP contribution in [0.5, 0.6) is 0 Å². The lowest BCUT2D eigenvalue weighted by molar-refractivity contribution is 0.482. The zero-order chi connectivity index (χ0) is 14.4. The van der Waals surface area contributed by atoms with E-state index in [-0.39, 0.29) is 0 Å². The first-order valence-electron chi connectivity index (χ1n) is 6.83. The summed E-state index contributed by atoms with van der Waals surface area (Å²) in [5.41, 5.74) is 0.744. The van der Waals surface area contributed by atoms with E-state index in [1.807, 2.05) is 78.8 Å². The van der Waals surface area contributed by atoms with Crippen LogP contribution < -0.4 is 0 Å². The Balaban J connectivity index is 2.62. The summed E-state index contributed by atoms with van der Waals surface area (Å²) in [6.45, 7) is 5.40. The zero-order valence-electron chi connectivity index (χ0n) is 11.9. The fourth-order valence-electron chi connectivity index (χ4n) is 2.06. The lowest BCUT2D eigenvalue weighted by Crippen LogP contribution is -2.30. The maximum atomic E-state index is 13.5. The van der Waals surface area contributed by atoms with Crippen LogP contribution in [-0.4, -0.2) is 21.6 Å². The van der Waals surface area contributed by atoms with E-state index < -0.39 is 9.92 Å². The topological polar surface area (TPSA) is 32.7 Å². The summed E-state index contributed by atoms with van der Waals surface area (Å²) in [7, 11) is -2.60. The van der Waals surface area contributed by atoms with Crippen molar-refractivity contribution >= 4 is 15.6 Å². The molecule has 106 valence electrons. The maximum absolute atomic E-state index is 13.5. The maximum Gasteiger partial charge on any atom is 0.144 e. The Morgan fingerprint density at radius 3 is 1.90 bits per heavy atom. The van der Waals surface area contributed by atoms with Crippen molar-refractivity contribution < 1.29 is 4.21 Å². The van der Waals surface area contributed by atoms with Crippen LogP contribution in [0.3, 0.4) is 0 Å². The molecule has 0 heterocycles. The van der Waals surface area contributed by atoms with Crippen molar-refractivity contribution in [2.45, 2.75) is 18.7 Å². The molecule has 2 aromatic carbocycles. The van der Waals surface area contributed by atoms with Crippen molar-refractivity contribution in [3.05, 3.63) is 60.7 Å². The van der Waals surface area contributed by atoms with Crippen molar-refractivity contribution in [1.82, 2.24) is 4.31 Å². The molecule has 0 aromatic heterocycles. The third-order valence-corrected chi connectivity index (χ3v) is 5.65. The Kier molecular flexibility index (Phi) is 4.93. The molecule has 2 aromatic rings. The van der Waals surface area contributed by atoms with E-state index in [0.29, 0.717) is 13.1 Å². The van der Waals surface area contributed by atoms with Crippen molar-refractivity contribution in [2.75, 3.05) is 13.1 Å². The fourth-order valence-corrected chi connectivity index (χ4v) is 4.20. The molecule has 0 amide bonds. The molecular weight excluding hydrogens is 268 g/mol. The van der Waals surface area contributed by atoms with E-state index in [0.717, 1.165) is 10.6 Å². The summed E-state index contributed by atoms with van der Waals surface area (Å²) in [6.07, 6.45) is 0. The summed E-state index contributed by atoms with van der Waals surface area (Å²) in [4.78, 5) is 0.757. The second-order valence-corrected chi connectivity index (χ2v) is 6.51. The van der Waals surface area contributed by atoms with Gasteiger partial charge in [-0.2, -0.15) is 4.36 Å². The summed E-state index contributed by atoms with van der Waals surface area (Å²) in [5, 5.41) is 0. The molecule has 1 unspecified atom stereocenters. The fraction of sp³-hybridized carbons (Fsp3) is 0.250. The minimum Gasteiger partial charge on any atom is -0.228 e. The van der Waals surface area contributed by atoms with E-state index in [9.17, 15) is 4.21 Å². The normalized spacial score (nSPS) is 13.9. The van der Waals surface area contributed by atoms with Gasteiger partial charge in [-0.25, -0.2) is 8.51 Å². The number of rotatable bonds is 5. The highest BCUT2D eigenvalue weighted by atomic mass is 32.2. The van der Waals surface area contributed by atoms with Gasteiger partial charge in [-0.1, -0.05) is 50.2 Å². The van der Waals surface area contributed by atoms with Crippen LogP contribution >= 0.6 is 0 Å². The smallest absolute Gasteiger partial charge is 0.144 e. The molecule has 20 heavy (non-hydrogen) atoms. The second kappa shape index (κ2) is 6.68. The molecule has 1 atom stereocenters. The van der Waals surface area contributed by atoms with Crippen molar-refractivity contribution in [1.29, 1.82) is 0 Å². The van der Waals surface area contributed by atoms with Gasteiger partial charge in [-0.05, 0) is 24.3 Å². The van der Waals surface area contributed by atoms with Gasteiger partial charge >= 0.3 is 0 Å². The number of benzene rings is 2. The summed E-state index contributed by atoms with van der Waals surface area (Å²) in [6, 6.07) is 19.0. The minimum atomic E-state index is -2.60. The molecule has 3 nitrogen and oxygen atoms in total. The minimum absolute atomic E-state index is 0.695. The molecule has 2 rings (SSSR count). The third-order valence-electron chi connectivity index (χ3n) is 3.09. The molecule has 0 bridgehead atoms. The lowest BCUT2D eigenvalue weighted by Gasteiger charge is -2.23. The van der Waals surface area contributed by atoms with Gasteiger partial charge < -0.3 is 0 Å². The highest BCUT2D eigenvalue weighted by molar-refractivity contribution is 7.91. The molecule has 4 heteroatoms. The lowest BCUT2D eigenvalue weighted by atomic mass is 10.3. The van der Waals surface area contributed by atoms with Crippen molar-refractivity contribution in [2.24, 2.45) is 4.36 Å². The monoisotopic (exact) mass is 288 g/mol.